The molecule has 0 aliphatic heterocycles. The molecular formula is C25H32BrNO4. The number of rotatable bonds is 16. The van der Waals surface area contributed by atoms with Crippen LogP contribution >= 0.6 is 15.9 Å². The van der Waals surface area contributed by atoms with Gasteiger partial charge in [-0.25, -0.2) is 0 Å². The first kappa shape index (κ1) is 25.1. The SMILES string of the molecule is O=C(c1ccc(OCCCCCCCCCCCCBr)cc1)c1ccc([N+](=O)[O-])cc1. The van der Waals surface area contributed by atoms with Gasteiger partial charge in [0.15, 0.2) is 5.78 Å². The van der Waals surface area contributed by atoms with Gasteiger partial charge in [-0.15, -0.1) is 0 Å². The van der Waals surface area contributed by atoms with E-state index in [4.69, 9.17) is 4.74 Å². The van der Waals surface area contributed by atoms with Crippen LogP contribution in [0.25, 0.3) is 0 Å². The lowest BCUT2D eigenvalue weighted by Gasteiger charge is -2.07. The van der Waals surface area contributed by atoms with E-state index in [9.17, 15) is 14.9 Å². The fraction of sp³-hybridized carbons (Fsp3) is 0.480. The van der Waals surface area contributed by atoms with Gasteiger partial charge in [0.1, 0.15) is 5.75 Å². The lowest BCUT2D eigenvalue weighted by Crippen LogP contribution is -2.02. The molecule has 0 saturated heterocycles. The summed E-state index contributed by atoms with van der Waals surface area (Å²) in [5.74, 6) is 0.591. The molecule has 2 aromatic carbocycles. The minimum Gasteiger partial charge on any atom is -0.494 e. The first-order valence-electron chi connectivity index (χ1n) is 11.2. The highest BCUT2D eigenvalue weighted by Crippen LogP contribution is 2.18. The largest absolute Gasteiger partial charge is 0.494 e. The molecule has 0 aromatic heterocycles. The second-order valence-corrected chi connectivity index (χ2v) is 8.52. The molecule has 0 heterocycles. The van der Waals surface area contributed by atoms with Crippen LogP contribution in [0, 0.1) is 10.1 Å². The van der Waals surface area contributed by atoms with Crippen LogP contribution in [-0.4, -0.2) is 22.6 Å². The summed E-state index contributed by atoms with van der Waals surface area (Å²) in [5, 5.41) is 11.8. The molecule has 0 fully saturated rings. The summed E-state index contributed by atoms with van der Waals surface area (Å²) >= 11 is 3.47. The Bertz CT molecular complexity index is 790. The highest BCUT2D eigenvalue weighted by molar-refractivity contribution is 9.09. The second kappa shape index (κ2) is 14.7. The molecule has 0 aliphatic rings. The lowest BCUT2D eigenvalue weighted by molar-refractivity contribution is -0.384. The number of hydrogen-bond donors (Lipinski definition) is 0. The fourth-order valence-electron chi connectivity index (χ4n) is 3.40. The van der Waals surface area contributed by atoms with Crippen LogP contribution in [-0.2, 0) is 0 Å². The Morgan fingerprint density at radius 2 is 1.19 bits per heavy atom. The zero-order valence-electron chi connectivity index (χ0n) is 18.1. The van der Waals surface area contributed by atoms with Crippen molar-refractivity contribution in [1.82, 2.24) is 0 Å². The highest BCUT2D eigenvalue weighted by Gasteiger charge is 2.11. The molecule has 0 saturated carbocycles. The van der Waals surface area contributed by atoms with Crippen molar-refractivity contribution in [3.63, 3.8) is 0 Å². The summed E-state index contributed by atoms with van der Waals surface area (Å²) in [5.41, 5.74) is 0.938. The predicted octanol–water partition coefficient (Wildman–Crippen LogP) is 7.50. The van der Waals surface area contributed by atoms with Crippen LogP contribution in [0.15, 0.2) is 48.5 Å². The number of hydrogen-bond acceptors (Lipinski definition) is 4. The van der Waals surface area contributed by atoms with Crippen molar-refractivity contribution >= 4 is 27.4 Å². The Labute approximate surface area is 193 Å². The van der Waals surface area contributed by atoms with E-state index in [-0.39, 0.29) is 11.5 Å². The summed E-state index contributed by atoms with van der Waals surface area (Å²) < 4.78 is 5.78. The molecule has 0 N–H and O–H groups in total. The third-order valence-electron chi connectivity index (χ3n) is 5.25. The number of nitro benzene ring substituents is 1. The number of benzene rings is 2. The van der Waals surface area contributed by atoms with Gasteiger partial charge in [0.2, 0.25) is 0 Å². The van der Waals surface area contributed by atoms with E-state index in [0.717, 1.165) is 17.5 Å². The zero-order valence-corrected chi connectivity index (χ0v) is 19.6. The number of unbranched alkanes of at least 4 members (excludes halogenated alkanes) is 9. The van der Waals surface area contributed by atoms with Crippen molar-refractivity contribution in [2.45, 2.75) is 64.2 Å². The molecule has 2 aromatic rings. The van der Waals surface area contributed by atoms with Gasteiger partial charge in [0.25, 0.3) is 5.69 Å². The smallest absolute Gasteiger partial charge is 0.269 e. The maximum Gasteiger partial charge on any atom is 0.269 e. The number of nitrogens with zero attached hydrogens (tertiary/aromatic N) is 1. The maximum atomic E-state index is 12.5. The molecule has 0 aliphatic carbocycles. The number of ketones is 1. The normalized spacial score (nSPS) is 10.7. The number of alkyl halides is 1. The van der Waals surface area contributed by atoms with E-state index in [1.54, 1.807) is 24.3 Å². The molecule has 0 unspecified atom stereocenters. The fourth-order valence-corrected chi connectivity index (χ4v) is 3.80. The average Bonchev–Trinajstić information content (AvgIpc) is 2.80. The summed E-state index contributed by atoms with van der Waals surface area (Å²) in [6.45, 7) is 0.683. The molecule has 0 bridgehead atoms. The van der Waals surface area contributed by atoms with Crippen molar-refractivity contribution in [3.05, 3.63) is 69.8 Å². The number of carbonyl (C=O) groups is 1. The van der Waals surface area contributed by atoms with Gasteiger partial charge in [0.05, 0.1) is 11.5 Å². The molecular weight excluding hydrogens is 458 g/mol. The molecule has 0 spiro atoms. The number of halogens is 1. The molecule has 5 nitrogen and oxygen atoms in total. The number of non-ortho nitro benzene ring substituents is 1. The number of ether oxygens (including phenoxy) is 1. The number of nitro groups is 1. The Morgan fingerprint density at radius 1 is 0.742 bits per heavy atom. The van der Waals surface area contributed by atoms with Gasteiger partial charge >= 0.3 is 0 Å². The van der Waals surface area contributed by atoms with Crippen LogP contribution in [0.1, 0.15) is 80.1 Å². The lowest BCUT2D eigenvalue weighted by atomic mass is 10.0. The van der Waals surface area contributed by atoms with Crippen LogP contribution in [0.4, 0.5) is 5.69 Å². The first-order chi connectivity index (χ1) is 15.1. The minimum absolute atomic E-state index is 0.0267. The van der Waals surface area contributed by atoms with Gasteiger partial charge in [-0.2, -0.15) is 0 Å². The van der Waals surface area contributed by atoms with Crippen molar-refractivity contribution in [2.75, 3.05) is 11.9 Å². The third-order valence-corrected chi connectivity index (χ3v) is 5.81. The van der Waals surface area contributed by atoms with Gasteiger partial charge in [-0.1, -0.05) is 67.3 Å². The van der Waals surface area contributed by atoms with Crippen molar-refractivity contribution < 1.29 is 14.5 Å². The third kappa shape index (κ3) is 9.64. The first-order valence-corrected chi connectivity index (χ1v) is 12.3. The molecule has 168 valence electrons. The Balaban J connectivity index is 1.60. The van der Waals surface area contributed by atoms with E-state index >= 15 is 0 Å². The van der Waals surface area contributed by atoms with Crippen LogP contribution in [0.5, 0.6) is 5.75 Å². The average molecular weight is 490 g/mol. The van der Waals surface area contributed by atoms with E-state index < -0.39 is 4.92 Å². The Morgan fingerprint density at radius 3 is 1.68 bits per heavy atom. The minimum atomic E-state index is -0.478. The maximum absolute atomic E-state index is 12.5. The van der Waals surface area contributed by atoms with E-state index in [0.29, 0.717) is 17.7 Å². The van der Waals surface area contributed by atoms with Gasteiger partial charge in [-0.3, -0.25) is 14.9 Å². The zero-order chi connectivity index (χ0) is 22.3. The molecule has 6 heteroatoms. The Hall–Kier alpha value is -2.21. The van der Waals surface area contributed by atoms with Gasteiger partial charge in [0, 0.05) is 28.6 Å². The molecule has 0 radical (unpaired) electrons. The summed E-state index contributed by atoms with van der Waals surface area (Å²) in [6.07, 6.45) is 12.8. The van der Waals surface area contributed by atoms with Crippen molar-refractivity contribution in [2.24, 2.45) is 0 Å². The van der Waals surface area contributed by atoms with E-state index in [1.165, 1.54) is 82.1 Å². The van der Waals surface area contributed by atoms with Crippen molar-refractivity contribution in [1.29, 1.82) is 0 Å². The standard InChI is InChI=1S/C25H32BrNO4/c26-19-9-7-5-3-1-2-4-6-8-10-20-31-24-17-13-22(14-18-24)25(28)21-11-15-23(16-12-21)27(29)30/h11-18H,1-10,19-20H2. The Kier molecular flexibility index (Phi) is 11.9. The summed E-state index contributed by atoms with van der Waals surface area (Å²) in [4.78, 5) is 22.7. The molecule has 0 atom stereocenters. The van der Waals surface area contributed by atoms with Crippen molar-refractivity contribution in [3.8, 4) is 5.75 Å². The van der Waals surface area contributed by atoms with E-state index in [1.807, 2.05) is 0 Å². The highest BCUT2D eigenvalue weighted by atomic mass is 79.9. The van der Waals surface area contributed by atoms with Crippen LogP contribution in [0.3, 0.4) is 0 Å². The monoisotopic (exact) mass is 489 g/mol. The topological polar surface area (TPSA) is 69.4 Å². The predicted molar refractivity (Wildman–Crippen MR) is 128 cm³/mol. The second-order valence-electron chi connectivity index (χ2n) is 7.73. The van der Waals surface area contributed by atoms with Gasteiger partial charge in [-0.05, 0) is 49.2 Å². The number of carbonyl (C=O) groups excluding carboxylic acids is 1. The van der Waals surface area contributed by atoms with E-state index in [2.05, 4.69) is 15.9 Å². The van der Waals surface area contributed by atoms with Gasteiger partial charge < -0.3 is 4.74 Å². The summed E-state index contributed by atoms with van der Waals surface area (Å²) in [7, 11) is 0. The van der Waals surface area contributed by atoms with Crippen LogP contribution < -0.4 is 4.74 Å². The molecule has 2 rings (SSSR count). The van der Waals surface area contributed by atoms with Crippen LogP contribution in [0.2, 0.25) is 0 Å². The molecule has 0 amide bonds. The molecule has 31 heavy (non-hydrogen) atoms. The quantitative estimate of drug-likeness (QED) is 0.0803. The summed E-state index contributed by atoms with van der Waals surface area (Å²) in [6, 6.07) is 12.7.